The zero-order chi connectivity index (χ0) is 14.8. The average Bonchev–Trinajstić information content (AvgIpc) is 2.86. The van der Waals surface area contributed by atoms with Gasteiger partial charge in [-0.25, -0.2) is 9.78 Å². The number of benzene rings is 1. The summed E-state index contributed by atoms with van der Waals surface area (Å²) in [6.45, 7) is 0. The molecule has 0 unspecified atom stereocenters. The molecule has 0 amide bonds. The van der Waals surface area contributed by atoms with Crippen LogP contribution in [0.2, 0.25) is 0 Å². The minimum Gasteiger partial charge on any atom is -0.497 e. The van der Waals surface area contributed by atoms with Gasteiger partial charge < -0.3 is 9.84 Å². The third kappa shape index (κ3) is 4.23. The van der Waals surface area contributed by atoms with Crippen LogP contribution < -0.4 is 4.74 Å². The Balaban J connectivity index is 0.00000220. The molecule has 0 spiro atoms. The van der Waals surface area contributed by atoms with E-state index in [1.807, 2.05) is 0 Å². The molecule has 1 radical (unpaired) electrons. The van der Waals surface area contributed by atoms with Gasteiger partial charge in [0.1, 0.15) is 10.8 Å². The van der Waals surface area contributed by atoms with Crippen LogP contribution in [-0.4, -0.2) is 29.1 Å². The summed E-state index contributed by atoms with van der Waals surface area (Å²) in [7, 11) is 1.55. The van der Waals surface area contributed by atoms with Crippen LogP contribution in [0.4, 0.5) is 8.78 Å². The number of hydrogen-bond donors (Lipinski definition) is 1. The van der Waals surface area contributed by atoms with Crippen molar-refractivity contribution in [3.8, 4) is 16.3 Å². The normalized spacial score (nSPS) is 10.8. The largest absolute Gasteiger partial charge is 0.497 e. The van der Waals surface area contributed by atoms with Gasteiger partial charge in [-0.05, 0) is 24.3 Å². The summed E-state index contributed by atoms with van der Waals surface area (Å²) in [5.41, 5.74) is 0.765. The number of carboxylic acid groups (broad SMARTS) is 1. The van der Waals surface area contributed by atoms with Gasteiger partial charge in [0.25, 0.3) is 0 Å². The summed E-state index contributed by atoms with van der Waals surface area (Å²) < 4.78 is 31.2. The van der Waals surface area contributed by atoms with Crippen molar-refractivity contribution >= 4 is 17.3 Å². The van der Waals surface area contributed by atoms with E-state index >= 15 is 0 Å². The van der Waals surface area contributed by atoms with Gasteiger partial charge in [0.15, 0.2) is 0 Å². The summed E-state index contributed by atoms with van der Waals surface area (Å²) in [4.78, 5) is 14.7. The van der Waals surface area contributed by atoms with Crippen LogP contribution in [0, 0.1) is 0 Å². The van der Waals surface area contributed by atoms with Crippen molar-refractivity contribution in [1.82, 2.24) is 4.98 Å². The second-order valence-electron chi connectivity index (χ2n) is 4.05. The second-order valence-corrected chi connectivity index (χ2v) is 5.16. The summed E-state index contributed by atoms with van der Waals surface area (Å²) >= 11 is 1.05. The van der Waals surface area contributed by atoms with E-state index in [0.29, 0.717) is 10.8 Å². The Morgan fingerprint density at radius 2 is 2.00 bits per heavy atom. The molecule has 0 saturated heterocycles. The fourth-order valence-corrected chi connectivity index (χ4v) is 2.52. The fraction of sp³-hybridized carbons (Fsp3) is 0.231. The van der Waals surface area contributed by atoms with E-state index in [2.05, 4.69) is 4.98 Å². The third-order valence-electron chi connectivity index (χ3n) is 2.60. The van der Waals surface area contributed by atoms with Gasteiger partial charge in [-0.1, -0.05) is 0 Å². The Hall–Kier alpha value is -1.50. The van der Waals surface area contributed by atoms with Gasteiger partial charge in [0.2, 0.25) is 0 Å². The fourth-order valence-electron chi connectivity index (χ4n) is 1.55. The van der Waals surface area contributed by atoms with E-state index in [1.54, 1.807) is 31.4 Å². The first kappa shape index (κ1) is 17.6. The molecule has 0 bridgehead atoms. The number of thiazole rings is 1. The van der Waals surface area contributed by atoms with Gasteiger partial charge in [-0.2, -0.15) is 8.78 Å². The van der Waals surface area contributed by atoms with Crippen LogP contribution in [-0.2, 0) is 28.3 Å². The quantitative estimate of drug-likeness (QED) is 0.830. The van der Waals surface area contributed by atoms with Gasteiger partial charge in [0, 0.05) is 33.7 Å². The molecular weight excluding hydrogens is 352 g/mol. The number of ether oxygens (including phenoxy) is 1. The van der Waals surface area contributed by atoms with E-state index in [4.69, 9.17) is 9.84 Å². The average molecular weight is 363 g/mol. The number of methoxy groups -OCH3 is 1. The van der Waals surface area contributed by atoms with E-state index < -0.39 is 18.3 Å². The maximum atomic E-state index is 13.1. The predicted octanol–water partition coefficient (Wildman–Crippen LogP) is 3.08. The number of aromatic nitrogens is 1. The molecule has 4 nitrogen and oxygen atoms in total. The van der Waals surface area contributed by atoms with Gasteiger partial charge in [-0.3, -0.25) is 0 Å². The minimum atomic E-state index is -3.77. The number of carboxylic acids is 1. The van der Waals surface area contributed by atoms with E-state index in [1.165, 1.54) is 6.20 Å². The molecule has 2 aromatic rings. The molecular formula is C13H11CuF2NO3S. The molecule has 8 heteroatoms. The van der Waals surface area contributed by atoms with Crippen molar-refractivity contribution < 1.29 is 40.5 Å². The van der Waals surface area contributed by atoms with Crippen LogP contribution in [0.25, 0.3) is 10.6 Å². The zero-order valence-corrected chi connectivity index (χ0v) is 12.5. The molecule has 0 aliphatic heterocycles. The molecule has 21 heavy (non-hydrogen) atoms. The Morgan fingerprint density at radius 3 is 2.52 bits per heavy atom. The molecule has 0 atom stereocenters. The second kappa shape index (κ2) is 6.97. The third-order valence-corrected chi connectivity index (χ3v) is 3.65. The molecule has 1 heterocycles. The first-order valence-corrected chi connectivity index (χ1v) is 6.44. The maximum absolute atomic E-state index is 13.1. The molecule has 117 valence electrons. The van der Waals surface area contributed by atoms with Gasteiger partial charge >= 0.3 is 11.9 Å². The number of halogens is 2. The smallest absolute Gasteiger partial charge is 0.374 e. The topological polar surface area (TPSA) is 59.4 Å². The van der Waals surface area contributed by atoms with Gasteiger partial charge in [-0.15, -0.1) is 11.3 Å². The molecule has 0 fully saturated rings. The number of rotatable bonds is 5. The molecule has 0 saturated carbocycles. The van der Waals surface area contributed by atoms with Crippen molar-refractivity contribution in [2.75, 3.05) is 7.11 Å². The van der Waals surface area contributed by atoms with Crippen LogP contribution in [0.15, 0.2) is 30.5 Å². The number of nitrogens with zero attached hydrogens (tertiary/aromatic N) is 1. The Labute approximate surface area is 134 Å². The Kier molecular flexibility index (Phi) is 5.83. The zero-order valence-electron chi connectivity index (χ0n) is 10.8. The number of carbonyl (C=O) groups is 1. The Bertz CT molecular complexity index is 616. The first-order chi connectivity index (χ1) is 9.42. The van der Waals surface area contributed by atoms with Crippen LogP contribution >= 0.6 is 11.3 Å². The van der Waals surface area contributed by atoms with Crippen LogP contribution in [0.3, 0.4) is 0 Å². The number of alkyl halides is 2. The van der Waals surface area contributed by atoms with Crippen molar-refractivity contribution in [3.05, 3.63) is 35.3 Å². The monoisotopic (exact) mass is 362 g/mol. The molecule has 0 aliphatic carbocycles. The molecule has 0 aliphatic rings. The maximum Gasteiger partial charge on any atom is 0.374 e. The number of hydrogen-bond acceptors (Lipinski definition) is 4. The SMILES string of the molecule is COc1ccc(-c2ncc(CC(F)(F)C(=O)O)s2)cc1.[Cu]. The molecule has 2 rings (SSSR count). The van der Waals surface area contributed by atoms with E-state index in [9.17, 15) is 13.6 Å². The van der Waals surface area contributed by atoms with Crippen molar-refractivity contribution in [1.29, 1.82) is 0 Å². The predicted molar refractivity (Wildman–Crippen MR) is 70.4 cm³/mol. The number of aliphatic carboxylic acids is 1. The first-order valence-electron chi connectivity index (χ1n) is 5.63. The van der Waals surface area contributed by atoms with Crippen molar-refractivity contribution in [3.63, 3.8) is 0 Å². The van der Waals surface area contributed by atoms with Crippen LogP contribution in [0.1, 0.15) is 4.88 Å². The Morgan fingerprint density at radius 1 is 1.38 bits per heavy atom. The van der Waals surface area contributed by atoms with Crippen LogP contribution in [0.5, 0.6) is 5.75 Å². The summed E-state index contributed by atoms with van der Waals surface area (Å²) in [5, 5.41) is 8.96. The molecule has 1 aromatic carbocycles. The standard InChI is InChI=1S/C13H11F2NO3S.Cu/c1-19-9-4-2-8(3-5-9)11-16-7-10(20-11)6-13(14,15)12(17)18;/h2-5,7H,6H2,1H3,(H,17,18);. The van der Waals surface area contributed by atoms with E-state index in [0.717, 1.165) is 16.9 Å². The molecule has 1 aromatic heterocycles. The summed E-state index contributed by atoms with van der Waals surface area (Å²) in [6.07, 6.45) is 0.428. The van der Waals surface area contributed by atoms with Crippen molar-refractivity contribution in [2.24, 2.45) is 0 Å². The molecule has 1 N–H and O–H groups in total. The summed E-state index contributed by atoms with van der Waals surface area (Å²) in [5.74, 6) is -5.22. The minimum absolute atomic E-state index is 0. The van der Waals surface area contributed by atoms with Crippen molar-refractivity contribution in [2.45, 2.75) is 12.3 Å². The van der Waals surface area contributed by atoms with E-state index in [-0.39, 0.29) is 21.9 Å². The van der Waals surface area contributed by atoms with Gasteiger partial charge in [0.05, 0.1) is 13.5 Å². The summed E-state index contributed by atoms with van der Waals surface area (Å²) in [6, 6.07) is 7.00.